The maximum absolute atomic E-state index is 14.1. The number of carboxylic acid groups (broad SMARTS) is 1. The molecule has 1 N–H and O–H groups in total. The van der Waals surface area contributed by atoms with Gasteiger partial charge in [-0.15, -0.1) is 0 Å². The molecule has 1 heterocycles. The van der Waals surface area contributed by atoms with Crippen molar-refractivity contribution in [3.8, 4) is 11.3 Å². The van der Waals surface area contributed by atoms with Gasteiger partial charge in [-0.05, 0) is 38.5 Å². The van der Waals surface area contributed by atoms with E-state index < -0.39 is 11.6 Å². The summed E-state index contributed by atoms with van der Waals surface area (Å²) in [5.74, 6) is -1.74. The molecule has 0 atom stereocenters. The third-order valence-corrected chi connectivity index (χ3v) is 3.47. The first-order valence-corrected chi connectivity index (χ1v) is 6.77. The maximum atomic E-state index is 14.1. The highest BCUT2D eigenvalue weighted by molar-refractivity contribution is 6.39. The number of rotatable bonds is 3. The van der Waals surface area contributed by atoms with E-state index in [-0.39, 0.29) is 32.6 Å². The summed E-state index contributed by atoms with van der Waals surface area (Å²) in [5, 5.41) is 13.4. The Morgan fingerprint density at radius 1 is 1.33 bits per heavy atom. The second-order valence-corrected chi connectivity index (χ2v) is 5.93. The number of aryl methyl sites for hydroxylation is 1. The zero-order chi connectivity index (χ0) is 15.9. The highest BCUT2D eigenvalue weighted by Crippen LogP contribution is 2.40. The SMILES string of the molecule is Cc1cc(Cl)c(-c2noc(C(C)(C)F)c2C(=O)O)c(Cl)c1. The van der Waals surface area contributed by atoms with Crippen LogP contribution in [0.2, 0.25) is 10.0 Å². The second kappa shape index (κ2) is 5.31. The van der Waals surface area contributed by atoms with Gasteiger partial charge in [-0.25, -0.2) is 9.18 Å². The van der Waals surface area contributed by atoms with E-state index in [1.165, 1.54) is 13.8 Å². The first kappa shape index (κ1) is 15.8. The van der Waals surface area contributed by atoms with Crippen molar-refractivity contribution >= 4 is 29.2 Å². The largest absolute Gasteiger partial charge is 0.477 e. The molecular weight excluding hydrogens is 320 g/mol. The standard InChI is InChI=1S/C14H12Cl2FNO3/c1-6-4-7(15)9(8(16)5-6)11-10(13(19)20)12(21-18-11)14(2,3)17/h4-5H,1-3H3,(H,19,20). The normalized spacial score (nSPS) is 11.7. The quantitative estimate of drug-likeness (QED) is 0.872. The minimum absolute atomic E-state index is 0.0850. The number of benzene rings is 1. The van der Waals surface area contributed by atoms with Gasteiger partial charge in [0.25, 0.3) is 0 Å². The third kappa shape index (κ3) is 2.89. The van der Waals surface area contributed by atoms with Gasteiger partial charge in [0.1, 0.15) is 11.3 Å². The molecule has 112 valence electrons. The molecule has 0 aliphatic carbocycles. The van der Waals surface area contributed by atoms with E-state index in [9.17, 15) is 14.3 Å². The van der Waals surface area contributed by atoms with Gasteiger partial charge in [-0.2, -0.15) is 0 Å². The molecular formula is C14H12Cl2FNO3. The summed E-state index contributed by atoms with van der Waals surface area (Å²) >= 11 is 12.2. The van der Waals surface area contributed by atoms with Crippen molar-refractivity contribution in [2.24, 2.45) is 0 Å². The molecule has 0 saturated carbocycles. The van der Waals surface area contributed by atoms with Gasteiger partial charge in [0.15, 0.2) is 11.4 Å². The molecule has 21 heavy (non-hydrogen) atoms. The smallest absolute Gasteiger partial charge is 0.341 e. The predicted octanol–water partition coefficient (Wildman–Crippen LogP) is 4.86. The van der Waals surface area contributed by atoms with E-state index in [1.54, 1.807) is 19.1 Å². The number of nitrogens with zero attached hydrogens (tertiary/aromatic N) is 1. The fourth-order valence-corrected chi connectivity index (χ4v) is 2.77. The minimum atomic E-state index is -2.00. The Kier molecular flexibility index (Phi) is 4.00. The summed E-state index contributed by atoms with van der Waals surface area (Å²) < 4.78 is 19.0. The number of aromatic carboxylic acids is 1. The van der Waals surface area contributed by atoms with Crippen LogP contribution in [-0.4, -0.2) is 16.2 Å². The number of alkyl halides is 1. The summed E-state index contributed by atoms with van der Waals surface area (Å²) in [6.07, 6.45) is 0. The molecule has 7 heteroatoms. The van der Waals surface area contributed by atoms with E-state index in [1.807, 2.05) is 0 Å². The molecule has 0 spiro atoms. The zero-order valence-electron chi connectivity index (χ0n) is 11.5. The highest BCUT2D eigenvalue weighted by Gasteiger charge is 2.35. The summed E-state index contributed by atoms with van der Waals surface area (Å²) in [7, 11) is 0. The Labute approximate surface area is 130 Å². The highest BCUT2D eigenvalue weighted by atomic mass is 35.5. The summed E-state index contributed by atoms with van der Waals surface area (Å²) in [5.41, 5.74) is -1.45. The number of hydrogen-bond donors (Lipinski definition) is 1. The lowest BCUT2D eigenvalue weighted by atomic mass is 9.98. The lowest BCUT2D eigenvalue weighted by molar-refractivity contribution is 0.0683. The zero-order valence-corrected chi connectivity index (χ0v) is 13.0. The van der Waals surface area contributed by atoms with Crippen LogP contribution in [0.5, 0.6) is 0 Å². The summed E-state index contributed by atoms with van der Waals surface area (Å²) in [6, 6.07) is 3.23. The Morgan fingerprint density at radius 3 is 2.29 bits per heavy atom. The number of carbonyl (C=O) groups is 1. The van der Waals surface area contributed by atoms with Crippen molar-refractivity contribution in [3.05, 3.63) is 39.1 Å². The molecule has 0 radical (unpaired) electrons. The molecule has 1 aromatic heterocycles. The summed E-state index contributed by atoms with van der Waals surface area (Å²) in [6.45, 7) is 4.16. The maximum Gasteiger partial charge on any atom is 0.341 e. The van der Waals surface area contributed by atoms with Crippen molar-refractivity contribution in [2.75, 3.05) is 0 Å². The molecule has 0 fully saturated rings. The van der Waals surface area contributed by atoms with Crippen LogP contribution in [0.4, 0.5) is 4.39 Å². The van der Waals surface area contributed by atoms with Gasteiger partial charge >= 0.3 is 5.97 Å². The number of hydrogen-bond acceptors (Lipinski definition) is 3. The fraction of sp³-hybridized carbons (Fsp3) is 0.286. The van der Waals surface area contributed by atoms with E-state index in [2.05, 4.69) is 5.16 Å². The monoisotopic (exact) mass is 331 g/mol. The lowest BCUT2D eigenvalue weighted by Gasteiger charge is -2.11. The fourth-order valence-electron chi connectivity index (χ4n) is 1.99. The number of aromatic nitrogens is 1. The topological polar surface area (TPSA) is 63.3 Å². The van der Waals surface area contributed by atoms with Crippen LogP contribution in [0.15, 0.2) is 16.7 Å². The van der Waals surface area contributed by atoms with Crippen molar-refractivity contribution in [3.63, 3.8) is 0 Å². The number of halogens is 3. The van der Waals surface area contributed by atoms with Crippen LogP contribution in [0, 0.1) is 6.92 Å². The predicted molar refractivity (Wildman–Crippen MR) is 77.8 cm³/mol. The Hall–Kier alpha value is -1.59. The second-order valence-electron chi connectivity index (χ2n) is 5.12. The molecule has 1 aromatic carbocycles. The average molecular weight is 332 g/mol. The Morgan fingerprint density at radius 2 is 1.86 bits per heavy atom. The molecule has 0 amide bonds. The van der Waals surface area contributed by atoms with Gasteiger partial charge in [-0.1, -0.05) is 28.4 Å². The van der Waals surface area contributed by atoms with E-state index >= 15 is 0 Å². The molecule has 0 aliphatic rings. The van der Waals surface area contributed by atoms with Crippen LogP contribution < -0.4 is 0 Å². The van der Waals surface area contributed by atoms with E-state index in [0.29, 0.717) is 0 Å². The first-order chi connectivity index (χ1) is 9.62. The summed E-state index contributed by atoms with van der Waals surface area (Å²) in [4.78, 5) is 11.5. The molecule has 0 aliphatic heterocycles. The number of carboxylic acids is 1. The van der Waals surface area contributed by atoms with Crippen molar-refractivity contribution in [2.45, 2.75) is 26.4 Å². The van der Waals surface area contributed by atoms with Gasteiger partial charge in [0.2, 0.25) is 0 Å². The van der Waals surface area contributed by atoms with E-state index in [0.717, 1.165) is 5.56 Å². The third-order valence-electron chi connectivity index (χ3n) is 2.87. The van der Waals surface area contributed by atoms with Gasteiger partial charge < -0.3 is 9.63 Å². The van der Waals surface area contributed by atoms with Crippen LogP contribution in [0.3, 0.4) is 0 Å². The molecule has 2 aromatic rings. The lowest BCUT2D eigenvalue weighted by Crippen LogP contribution is -2.13. The van der Waals surface area contributed by atoms with Gasteiger partial charge in [0.05, 0.1) is 10.0 Å². The van der Waals surface area contributed by atoms with Crippen LogP contribution in [0.25, 0.3) is 11.3 Å². The molecule has 0 unspecified atom stereocenters. The average Bonchev–Trinajstić information content (AvgIpc) is 2.71. The molecule has 0 saturated heterocycles. The van der Waals surface area contributed by atoms with Gasteiger partial charge in [-0.3, -0.25) is 0 Å². The molecule has 2 rings (SSSR count). The van der Waals surface area contributed by atoms with Gasteiger partial charge in [0, 0.05) is 5.56 Å². The van der Waals surface area contributed by atoms with Crippen LogP contribution in [-0.2, 0) is 5.67 Å². The van der Waals surface area contributed by atoms with Crippen LogP contribution in [0.1, 0.15) is 35.5 Å². The van der Waals surface area contributed by atoms with Crippen molar-refractivity contribution in [1.29, 1.82) is 0 Å². The van der Waals surface area contributed by atoms with E-state index in [4.69, 9.17) is 27.7 Å². The van der Waals surface area contributed by atoms with Crippen molar-refractivity contribution < 1.29 is 18.8 Å². The van der Waals surface area contributed by atoms with Crippen molar-refractivity contribution in [1.82, 2.24) is 5.16 Å². The first-order valence-electron chi connectivity index (χ1n) is 6.01. The Bertz CT molecular complexity index is 696. The molecule has 0 bridgehead atoms. The minimum Gasteiger partial charge on any atom is -0.477 e. The Balaban J connectivity index is 2.78. The van der Waals surface area contributed by atoms with Crippen LogP contribution >= 0.6 is 23.2 Å². The molecule has 4 nitrogen and oxygen atoms in total.